The van der Waals surface area contributed by atoms with Gasteiger partial charge in [-0.2, -0.15) is 0 Å². The molecule has 0 radical (unpaired) electrons. The molecular formula is C12H26N2O2. The maximum absolute atomic E-state index is 10.4. The van der Waals surface area contributed by atoms with Crippen LogP contribution in [0.2, 0.25) is 0 Å². The van der Waals surface area contributed by atoms with E-state index in [1.54, 1.807) is 0 Å². The maximum atomic E-state index is 10.4. The van der Waals surface area contributed by atoms with E-state index in [4.69, 9.17) is 5.11 Å². The normalized spacial score (nSPS) is 11.7. The summed E-state index contributed by atoms with van der Waals surface area (Å²) in [6.45, 7) is 7.35. The summed E-state index contributed by atoms with van der Waals surface area (Å²) in [5.74, 6) is -0.697. The largest absolute Gasteiger partial charge is 0.481 e. The number of carbonyl (C=O) groups is 1. The smallest absolute Gasteiger partial charge is 0.303 e. The van der Waals surface area contributed by atoms with Crippen molar-refractivity contribution >= 4 is 5.97 Å². The van der Waals surface area contributed by atoms with Crippen LogP contribution in [0.4, 0.5) is 0 Å². The van der Waals surface area contributed by atoms with Crippen LogP contribution in [0, 0.1) is 0 Å². The molecule has 0 bridgehead atoms. The predicted molar refractivity (Wildman–Crippen MR) is 66.7 cm³/mol. The Balaban J connectivity index is 3.75. The molecule has 0 aliphatic heterocycles. The van der Waals surface area contributed by atoms with Crippen molar-refractivity contribution in [3.63, 3.8) is 0 Å². The van der Waals surface area contributed by atoms with Crippen molar-refractivity contribution in [2.24, 2.45) is 0 Å². The molecule has 0 rings (SSSR count). The first kappa shape index (κ1) is 15.4. The molecule has 0 fully saturated rings. The average Bonchev–Trinajstić information content (AvgIpc) is 2.14. The zero-order valence-electron chi connectivity index (χ0n) is 11.1. The molecule has 96 valence electrons. The standard InChI is InChI=1S/C12H26N2O2/c1-11(2)14(9-5-7-12(15)16)10-6-8-13(3)4/h11H,5-10H2,1-4H3,(H,15,16). The third-order valence-electron chi connectivity index (χ3n) is 2.62. The summed E-state index contributed by atoms with van der Waals surface area (Å²) < 4.78 is 0. The molecule has 0 aliphatic carbocycles. The molecule has 4 heteroatoms. The Kier molecular flexibility index (Phi) is 8.21. The molecule has 0 spiro atoms. The van der Waals surface area contributed by atoms with Crippen molar-refractivity contribution in [3.8, 4) is 0 Å². The van der Waals surface area contributed by atoms with Crippen LogP contribution >= 0.6 is 0 Å². The Morgan fingerprint density at radius 3 is 2.12 bits per heavy atom. The number of aliphatic carboxylic acids is 1. The molecule has 0 aliphatic rings. The van der Waals surface area contributed by atoms with Crippen molar-refractivity contribution in [1.29, 1.82) is 0 Å². The van der Waals surface area contributed by atoms with E-state index in [9.17, 15) is 4.79 Å². The monoisotopic (exact) mass is 230 g/mol. The zero-order valence-corrected chi connectivity index (χ0v) is 11.1. The van der Waals surface area contributed by atoms with Crippen LogP contribution in [0.25, 0.3) is 0 Å². The molecule has 0 atom stereocenters. The second-order valence-corrected chi connectivity index (χ2v) is 4.78. The molecule has 16 heavy (non-hydrogen) atoms. The van der Waals surface area contributed by atoms with Crippen molar-refractivity contribution in [3.05, 3.63) is 0 Å². The zero-order chi connectivity index (χ0) is 12.6. The molecule has 0 aromatic carbocycles. The molecule has 0 heterocycles. The van der Waals surface area contributed by atoms with Crippen molar-refractivity contribution in [2.75, 3.05) is 33.7 Å². The van der Waals surface area contributed by atoms with Crippen LogP contribution in [0.15, 0.2) is 0 Å². The summed E-state index contributed by atoms with van der Waals surface area (Å²) in [5.41, 5.74) is 0. The van der Waals surface area contributed by atoms with E-state index in [1.165, 1.54) is 0 Å². The summed E-state index contributed by atoms with van der Waals surface area (Å²) in [7, 11) is 4.15. The number of hydrogen-bond acceptors (Lipinski definition) is 3. The summed E-state index contributed by atoms with van der Waals surface area (Å²) in [6.07, 6.45) is 2.16. The van der Waals surface area contributed by atoms with Gasteiger partial charge in [-0.25, -0.2) is 0 Å². The Bertz CT molecular complexity index is 193. The summed E-state index contributed by atoms with van der Waals surface area (Å²) in [4.78, 5) is 15.0. The lowest BCUT2D eigenvalue weighted by atomic mass is 10.2. The second kappa shape index (κ2) is 8.53. The average molecular weight is 230 g/mol. The number of carboxylic acid groups (broad SMARTS) is 1. The first-order valence-electron chi connectivity index (χ1n) is 6.04. The van der Waals surface area contributed by atoms with Crippen molar-refractivity contribution in [1.82, 2.24) is 9.80 Å². The first-order valence-corrected chi connectivity index (χ1v) is 6.04. The van der Waals surface area contributed by atoms with Gasteiger partial charge in [-0.05, 0) is 60.4 Å². The third-order valence-corrected chi connectivity index (χ3v) is 2.62. The molecule has 0 unspecified atom stereocenters. The molecule has 4 nitrogen and oxygen atoms in total. The van der Waals surface area contributed by atoms with Gasteiger partial charge < -0.3 is 14.9 Å². The van der Waals surface area contributed by atoms with Gasteiger partial charge >= 0.3 is 5.97 Å². The quantitative estimate of drug-likeness (QED) is 0.652. The van der Waals surface area contributed by atoms with E-state index in [0.717, 1.165) is 32.5 Å². The van der Waals surface area contributed by atoms with Crippen LogP contribution in [0.1, 0.15) is 33.1 Å². The molecular weight excluding hydrogens is 204 g/mol. The molecule has 1 N–H and O–H groups in total. The summed E-state index contributed by atoms with van der Waals surface area (Å²) in [5, 5.41) is 8.59. The fourth-order valence-corrected chi connectivity index (χ4v) is 1.65. The molecule has 0 aromatic rings. The van der Waals surface area contributed by atoms with Crippen LogP contribution < -0.4 is 0 Å². The summed E-state index contributed by atoms with van der Waals surface area (Å²) >= 11 is 0. The van der Waals surface area contributed by atoms with Gasteiger partial charge in [0.15, 0.2) is 0 Å². The minimum atomic E-state index is -0.697. The molecule has 0 amide bonds. The minimum Gasteiger partial charge on any atom is -0.481 e. The van der Waals surface area contributed by atoms with Crippen LogP contribution in [-0.4, -0.2) is 60.6 Å². The number of carboxylic acids is 1. The van der Waals surface area contributed by atoms with E-state index < -0.39 is 5.97 Å². The van der Waals surface area contributed by atoms with E-state index in [1.807, 2.05) is 0 Å². The van der Waals surface area contributed by atoms with Crippen molar-refractivity contribution < 1.29 is 9.90 Å². The van der Waals surface area contributed by atoms with Crippen LogP contribution in [-0.2, 0) is 4.79 Å². The Hall–Kier alpha value is -0.610. The fourth-order valence-electron chi connectivity index (χ4n) is 1.65. The van der Waals surface area contributed by atoms with Gasteiger partial charge in [0, 0.05) is 12.5 Å². The highest BCUT2D eigenvalue weighted by atomic mass is 16.4. The number of nitrogens with zero attached hydrogens (tertiary/aromatic N) is 2. The molecule has 0 saturated heterocycles. The Labute approximate surface area is 99.2 Å². The molecule has 0 saturated carbocycles. The second-order valence-electron chi connectivity index (χ2n) is 4.78. The minimum absolute atomic E-state index is 0.275. The van der Waals surface area contributed by atoms with E-state index in [2.05, 4.69) is 37.7 Å². The van der Waals surface area contributed by atoms with Gasteiger partial charge in [-0.1, -0.05) is 0 Å². The van der Waals surface area contributed by atoms with Gasteiger partial charge in [0.25, 0.3) is 0 Å². The predicted octanol–water partition coefficient (Wildman–Crippen LogP) is 1.51. The van der Waals surface area contributed by atoms with E-state index in [-0.39, 0.29) is 6.42 Å². The third kappa shape index (κ3) is 8.68. The molecule has 0 aromatic heterocycles. The SMILES string of the molecule is CC(C)N(CCCC(=O)O)CCCN(C)C. The highest BCUT2D eigenvalue weighted by Crippen LogP contribution is 2.03. The summed E-state index contributed by atoms with van der Waals surface area (Å²) in [6, 6.07) is 0.496. The Morgan fingerprint density at radius 1 is 1.12 bits per heavy atom. The van der Waals surface area contributed by atoms with E-state index in [0.29, 0.717) is 6.04 Å². The number of rotatable bonds is 9. The van der Waals surface area contributed by atoms with Gasteiger partial charge in [-0.3, -0.25) is 4.79 Å². The van der Waals surface area contributed by atoms with Gasteiger partial charge in [0.05, 0.1) is 0 Å². The lowest BCUT2D eigenvalue weighted by Gasteiger charge is -2.26. The van der Waals surface area contributed by atoms with Crippen molar-refractivity contribution in [2.45, 2.75) is 39.2 Å². The lowest BCUT2D eigenvalue weighted by Crippen LogP contribution is -2.34. The topological polar surface area (TPSA) is 43.8 Å². The Morgan fingerprint density at radius 2 is 1.69 bits per heavy atom. The lowest BCUT2D eigenvalue weighted by molar-refractivity contribution is -0.137. The highest BCUT2D eigenvalue weighted by Gasteiger charge is 2.09. The maximum Gasteiger partial charge on any atom is 0.303 e. The van der Waals surface area contributed by atoms with Gasteiger partial charge in [-0.15, -0.1) is 0 Å². The van der Waals surface area contributed by atoms with Crippen LogP contribution in [0.3, 0.4) is 0 Å². The van der Waals surface area contributed by atoms with E-state index >= 15 is 0 Å². The highest BCUT2D eigenvalue weighted by molar-refractivity contribution is 5.66. The fraction of sp³-hybridized carbons (Fsp3) is 0.917. The van der Waals surface area contributed by atoms with Gasteiger partial charge in [0.2, 0.25) is 0 Å². The number of hydrogen-bond donors (Lipinski definition) is 1. The van der Waals surface area contributed by atoms with Crippen LogP contribution in [0.5, 0.6) is 0 Å². The first-order chi connectivity index (χ1) is 7.43. The van der Waals surface area contributed by atoms with Gasteiger partial charge in [0.1, 0.15) is 0 Å².